The van der Waals surface area contributed by atoms with Crippen molar-refractivity contribution >= 4 is 11.6 Å². The number of guanidine groups is 1. The number of hydrogen-bond acceptors (Lipinski definition) is 3. The molecule has 1 aliphatic heterocycles. The van der Waals surface area contributed by atoms with Gasteiger partial charge in [0.15, 0.2) is 5.96 Å². The van der Waals surface area contributed by atoms with Crippen molar-refractivity contribution in [3.63, 3.8) is 0 Å². The van der Waals surface area contributed by atoms with E-state index >= 15 is 0 Å². The fourth-order valence-electron chi connectivity index (χ4n) is 3.31. The monoisotopic (exact) mass is 340 g/mol. The van der Waals surface area contributed by atoms with Crippen LogP contribution in [0.2, 0.25) is 0 Å². The molecule has 1 atom stereocenters. The van der Waals surface area contributed by atoms with Gasteiger partial charge in [-0.15, -0.1) is 0 Å². The molecule has 1 fully saturated rings. The minimum atomic E-state index is 0.151. The van der Waals surface area contributed by atoms with E-state index in [1.807, 2.05) is 25.1 Å². The average molecular weight is 340 g/mol. The zero-order valence-electron chi connectivity index (χ0n) is 15.2. The van der Waals surface area contributed by atoms with E-state index in [-0.39, 0.29) is 6.04 Å². The van der Waals surface area contributed by atoms with E-state index in [0.717, 1.165) is 36.7 Å². The maximum absolute atomic E-state index is 6.12. The second-order valence-electron chi connectivity index (χ2n) is 6.61. The summed E-state index contributed by atoms with van der Waals surface area (Å²) in [5.74, 6) is 2.36. The third kappa shape index (κ3) is 4.63. The van der Waals surface area contributed by atoms with Gasteiger partial charge in [-0.2, -0.15) is 0 Å². The van der Waals surface area contributed by atoms with Crippen molar-refractivity contribution in [2.45, 2.75) is 39.2 Å². The smallest absolute Gasteiger partial charge is 0.193 e. The van der Waals surface area contributed by atoms with E-state index in [9.17, 15) is 0 Å². The normalized spacial score (nSPS) is 17.0. The van der Waals surface area contributed by atoms with Crippen LogP contribution in [0.4, 0.5) is 5.69 Å². The summed E-state index contributed by atoms with van der Waals surface area (Å²) >= 11 is 0. The van der Waals surface area contributed by atoms with Gasteiger partial charge in [0.1, 0.15) is 11.5 Å². The first-order valence-electron chi connectivity index (χ1n) is 9.12. The minimum absolute atomic E-state index is 0.151. The quantitative estimate of drug-likeness (QED) is 0.621. The lowest BCUT2D eigenvalue weighted by atomic mass is 10.1. The molecule has 1 aromatic carbocycles. The number of aryl methyl sites for hydroxylation is 2. The van der Waals surface area contributed by atoms with E-state index in [1.54, 1.807) is 0 Å². The fourth-order valence-corrected chi connectivity index (χ4v) is 3.31. The third-order valence-corrected chi connectivity index (χ3v) is 4.71. The van der Waals surface area contributed by atoms with Crippen LogP contribution in [0.3, 0.4) is 0 Å². The van der Waals surface area contributed by atoms with E-state index in [1.165, 1.54) is 18.4 Å². The first-order valence-corrected chi connectivity index (χ1v) is 9.12. The van der Waals surface area contributed by atoms with E-state index in [0.29, 0.717) is 12.5 Å². The van der Waals surface area contributed by atoms with E-state index < -0.39 is 0 Å². The standard InChI is InChI=1S/C20H28N4O/c1-3-16-7-6-8-17(13-16)23-20(21)22-14-18(24-11-4-5-12-24)19-10-9-15(2)25-19/h6-10,13,18H,3-5,11-12,14H2,1-2H3,(H3,21,22,23). The zero-order valence-corrected chi connectivity index (χ0v) is 15.2. The van der Waals surface area contributed by atoms with Gasteiger partial charge in [0.25, 0.3) is 0 Å². The van der Waals surface area contributed by atoms with Crippen LogP contribution in [-0.4, -0.2) is 30.5 Å². The van der Waals surface area contributed by atoms with E-state index in [2.05, 4.69) is 40.3 Å². The number of nitrogens with zero attached hydrogens (tertiary/aromatic N) is 2. The Labute approximate surface area is 149 Å². The second-order valence-corrected chi connectivity index (χ2v) is 6.61. The Morgan fingerprint density at radius 3 is 2.76 bits per heavy atom. The predicted molar refractivity (Wildman–Crippen MR) is 103 cm³/mol. The number of aliphatic imine (C=N–C) groups is 1. The summed E-state index contributed by atoms with van der Waals surface area (Å²) in [7, 11) is 0. The number of rotatable bonds is 6. The Morgan fingerprint density at radius 1 is 1.28 bits per heavy atom. The Balaban J connectivity index is 1.69. The lowest BCUT2D eigenvalue weighted by Crippen LogP contribution is -2.30. The summed E-state index contributed by atoms with van der Waals surface area (Å²) in [5, 5.41) is 3.20. The molecule has 1 aliphatic rings. The lowest BCUT2D eigenvalue weighted by molar-refractivity contribution is 0.219. The molecule has 0 spiro atoms. The zero-order chi connectivity index (χ0) is 17.6. The molecule has 3 N–H and O–H groups in total. The molecule has 5 heteroatoms. The molecule has 1 saturated heterocycles. The maximum Gasteiger partial charge on any atom is 0.193 e. The number of likely N-dealkylation sites (tertiary alicyclic amines) is 1. The molecular formula is C20H28N4O. The highest BCUT2D eigenvalue weighted by atomic mass is 16.3. The highest BCUT2D eigenvalue weighted by Crippen LogP contribution is 2.27. The first-order chi connectivity index (χ1) is 12.2. The van der Waals surface area contributed by atoms with Gasteiger partial charge < -0.3 is 15.5 Å². The van der Waals surface area contributed by atoms with Gasteiger partial charge in [0.2, 0.25) is 0 Å². The summed E-state index contributed by atoms with van der Waals surface area (Å²) in [5.41, 5.74) is 8.37. The van der Waals surface area contributed by atoms with Crippen LogP contribution >= 0.6 is 0 Å². The van der Waals surface area contributed by atoms with Gasteiger partial charge in [-0.3, -0.25) is 9.89 Å². The van der Waals surface area contributed by atoms with Crippen molar-refractivity contribution in [3.8, 4) is 0 Å². The molecule has 134 valence electrons. The summed E-state index contributed by atoms with van der Waals surface area (Å²) in [6, 6.07) is 12.5. The summed E-state index contributed by atoms with van der Waals surface area (Å²) in [6.07, 6.45) is 3.47. The van der Waals surface area contributed by atoms with Crippen LogP contribution in [0.25, 0.3) is 0 Å². The van der Waals surface area contributed by atoms with E-state index in [4.69, 9.17) is 10.2 Å². The first kappa shape index (κ1) is 17.5. The van der Waals surface area contributed by atoms with Crippen molar-refractivity contribution in [2.75, 3.05) is 25.0 Å². The van der Waals surface area contributed by atoms with Crippen LogP contribution in [0.5, 0.6) is 0 Å². The van der Waals surface area contributed by atoms with Gasteiger partial charge in [0, 0.05) is 5.69 Å². The highest BCUT2D eigenvalue weighted by Gasteiger charge is 2.25. The molecule has 25 heavy (non-hydrogen) atoms. The van der Waals surface area contributed by atoms with Crippen LogP contribution < -0.4 is 11.1 Å². The SMILES string of the molecule is CCc1cccc(NC(N)=NCC(c2ccc(C)o2)N2CCCC2)c1. The maximum atomic E-state index is 6.12. The molecule has 0 radical (unpaired) electrons. The van der Waals surface area contributed by atoms with Gasteiger partial charge in [-0.05, 0) is 69.1 Å². The average Bonchev–Trinajstić information content (AvgIpc) is 3.28. The molecule has 2 aromatic rings. The summed E-state index contributed by atoms with van der Waals surface area (Å²) < 4.78 is 5.87. The summed E-state index contributed by atoms with van der Waals surface area (Å²) in [6.45, 7) is 6.89. The molecule has 1 unspecified atom stereocenters. The number of benzene rings is 1. The minimum Gasteiger partial charge on any atom is -0.465 e. The molecule has 0 saturated carbocycles. The molecule has 0 bridgehead atoms. The Kier molecular flexibility index (Phi) is 5.76. The Morgan fingerprint density at radius 2 is 2.08 bits per heavy atom. The molecule has 0 aliphatic carbocycles. The fraction of sp³-hybridized carbons (Fsp3) is 0.450. The van der Waals surface area contributed by atoms with Crippen LogP contribution in [0.15, 0.2) is 45.8 Å². The Bertz CT molecular complexity index is 716. The van der Waals surface area contributed by atoms with Crippen molar-refractivity contribution in [2.24, 2.45) is 10.7 Å². The highest BCUT2D eigenvalue weighted by molar-refractivity contribution is 5.92. The van der Waals surface area contributed by atoms with Crippen LogP contribution in [0.1, 0.15) is 42.9 Å². The predicted octanol–water partition coefficient (Wildman–Crippen LogP) is 3.71. The number of hydrogen-bond donors (Lipinski definition) is 2. The van der Waals surface area contributed by atoms with Crippen LogP contribution in [-0.2, 0) is 6.42 Å². The van der Waals surface area contributed by atoms with Crippen molar-refractivity contribution < 1.29 is 4.42 Å². The topological polar surface area (TPSA) is 66.8 Å². The largest absolute Gasteiger partial charge is 0.465 e. The number of anilines is 1. The van der Waals surface area contributed by atoms with Crippen molar-refractivity contribution in [1.82, 2.24) is 4.90 Å². The number of nitrogens with two attached hydrogens (primary N) is 1. The molecule has 1 aromatic heterocycles. The molecular weight excluding hydrogens is 312 g/mol. The number of furan rings is 1. The third-order valence-electron chi connectivity index (χ3n) is 4.71. The van der Waals surface area contributed by atoms with Gasteiger partial charge >= 0.3 is 0 Å². The molecule has 0 amide bonds. The van der Waals surface area contributed by atoms with Gasteiger partial charge in [-0.25, -0.2) is 0 Å². The molecule has 2 heterocycles. The molecule has 5 nitrogen and oxygen atoms in total. The van der Waals surface area contributed by atoms with Crippen molar-refractivity contribution in [1.29, 1.82) is 0 Å². The second kappa shape index (κ2) is 8.21. The van der Waals surface area contributed by atoms with Crippen molar-refractivity contribution in [3.05, 3.63) is 53.5 Å². The molecule has 3 rings (SSSR count). The summed E-state index contributed by atoms with van der Waals surface area (Å²) in [4.78, 5) is 7.02. The number of nitrogens with one attached hydrogen (secondary N) is 1. The Hall–Kier alpha value is -2.27. The lowest BCUT2D eigenvalue weighted by Gasteiger charge is -2.24. The van der Waals surface area contributed by atoms with Gasteiger partial charge in [-0.1, -0.05) is 19.1 Å². The van der Waals surface area contributed by atoms with Crippen LogP contribution in [0, 0.1) is 6.92 Å². The van der Waals surface area contributed by atoms with Gasteiger partial charge in [0.05, 0.1) is 12.6 Å².